The van der Waals surface area contributed by atoms with Gasteiger partial charge in [-0.25, -0.2) is 0 Å². The van der Waals surface area contributed by atoms with Crippen LogP contribution in [0.1, 0.15) is 12.8 Å². The molecule has 1 saturated carbocycles. The number of hydrogen-bond donors (Lipinski definition) is 3. The fraction of sp³-hybridized carbons (Fsp3) is 0.769. The Morgan fingerprint density at radius 1 is 1.33 bits per heavy atom. The van der Waals surface area contributed by atoms with Gasteiger partial charge in [0.05, 0.1) is 19.8 Å². The predicted octanol–water partition coefficient (Wildman–Crippen LogP) is -2.42. The van der Waals surface area contributed by atoms with Gasteiger partial charge in [-0.1, -0.05) is 0 Å². The Labute approximate surface area is 122 Å². The molecule has 3 rings (SSSR count). The van der Waals surface area contributed by atoms with E-state index in [1.54, 1.807) is 4.90 Å². The Hall–Kier alpha value is -1.67. The molecule has 0 radical (unpaired) electrons. The number of rotatable bonds is 3. The Balaban J connectivity index is 1.63. The predicted molar refractivity (Wildman–Crippen MR) is 72.3 cm³/mol. The van der Waals surface area contributed by atoms with Crippen molar-refractivity contribution in [1.29, 1.82) is 0 Å². The maximum absolute atomic E-state index is 12.6. The molecule has 116 valence electrons. The minimum Gasteiger partial charge on any atom is -0.377 e. The second-order valence-electron chi connectivity index (χ2n) is 5.64. The van der Waals surface area contributed by atoms with Crippen molar-refractivity contribution in [2.45, 2.75) is 31.0 Å². The van der Waals surface area contributed by atoms with Gasteiger partial charge in [0.15, 0.2) is 0 Å². The standard InChI is InChI=1S/C13H20N4O4/c18-11-6-14-9(5-15-11)13(20)17-3-4-21-7-10(17)12(19)16-8-1-2-8/h8-10,14H,1-7H2,(H,15,18)(H,16,19). The van der Waals surface area contributed by atoms with Gasteiger partial charge in [0.25, 0.3) is 0 Å². The summed E-state index contributed by atoms with van der Waals surface area (Å²) in [6.07, 6.45) is 2.01. The van der Waals surface area contributed by atoms with Crippen molar-refractivity contribution in [2.24, 2.45) is 0 Å². The van der Waals surface area contributed by atoms with Crippen molar-refractivity contribution < 1.29 is 19.1 Å². The molecule has 0 aromatic rings. The fourth-order valence-corrected chi connectivity index (χ4v) is 2.55. The largest absolute Gasteiger partial charge is 0.377 e. The first kappa shape index (κ1) is 14.3. The minimum atomic E-state index is -0.578. The second kappa shape index (κ2) is 5.98. The minimum absolute atomic E-state index is 0.121. The highest BCUT2D eigenvalue weighted by Gasteiger charge is 2.38. The molecule has 21 heavy (non-hydrogen) atoms. The first-order valence-corrected chi connectivity index (χ1v) is 7.34. The molecule has 8 nitrogen and oxygen atoms in total. The van der Waals surface area contributed by atoms with E-state index in [0.29, 0.717) is 13.2 Å². The number of amides is 3. The first-order valence-electron chi connectivity index (χ1n) is 7.34. The molecule has 2 atom stereocenters. The van der Waals surface area contributed by atoms with E-state index in [1.807, 2.05) is 0 Å². The number of nitrogens with one attached hydrogen (secondary N) is 3. The van der Waals surface area contributed by atoms with Gasteiger partial charge < -0.3 is 20.3 Å². The molecule has 0 aromatic heterocycles. The summed E-state index contributed by atoms with van der Waals surface area (Å²) in [5.74, 6) is -0.427. The van der Waals surface area contributed by atoms with Crippen molar-refractivity contribution >= 4 is 17.7 Å². The quantitative estimate of drug-likeness (QED) is 0.538. The summed E-state index contributed by atoms with van der Waals surface area (Å²) < 4.78 is 5.35. The van der Waals surface area contributed by atoms with Crippen molar-refractivity contribution in [2.75, 3.05) is 32.8 Å². The zero-order valence-corrected chi connectivity index (χ0v) is 11.8. The van der Waals surface area contributed by atoms with Gasteiger partial charge in [-0.2, -0.15) is 0 Å². The summed E-state index contributed by atoms with van der Waals surface area (Å²) in [4.78, 5) is 37.5. The summed E-state index contributed by atoms with van der Waals surface area (Å²) in [5, 5.41) is 8.48. The van der Waals surface area contributed by atoms with Crippen molar-refractivity contribution in [3.8, 4) is 0 Å². The SMILES string of the molecule is O=C1CNC(C(=O)N2CCOCC2C(=O)NC2CC2)CN1. The van der Waals surface area contributed by atoms with Crippen LogP contribution in [0.5, 0.6) is 0 Å². The number of ether oxygens (including phenoxy) is 1. The Kier molecular flexibility index (Phi) is 4.07. The van der Waals surface area contributed by atoms with Crippen LogP contribution in [-0.2, 0) is 19.1 Å². The van der Waals surface area contributed by atoms with Crippen LogP contribution in [0.25, 0.3) is 0 Å². The van der Waals surface area contributed by atoms with Gasteiger partial charge >= 0.3 is 0 Å². The molecule has 3 N–H and O–H groups in total. The third kappa shape index (κ3) is 3.33. The highest BCUT2D eigenvalue weighted by Crippen LogP contribution is 2.20. The zero-order valence-electron chi connectivity index (χ0n) is 11.8. The molecule has 3 amide bonds. The van der Waals surface area contributed by atoms with Crippen molar-refractivity contribution in [3.05, 3.63) is 0 Å². The van der Waals surface area contributed by atoms with Gasteiger partial charge in [0.1, 0.15) is 12.1 Å². The maximum atomic E-state index is 12.6. The lowest BCUT2D eigenvalue weighted by atomic mass is 10.1. The molecule has 3 aliphatic rings. The van der Waals surface area contributed by atoms with Gasteiger partial charge in [0.2, 0.25) is 17.7 Å². The molecule has 1 aliphatic carbocycles. The monoisotopic (exact) mass is 296 g/mol. The lowest BCUT2D eigenvalue weighted by Gasteiger charge is -2.37. The molecule has 8 heteroatoms. The number of nitrogens with zero attached hydrogens (tertiary/aromatic N) is 1. The molecule has 3 fully saturated rings. The summed E-state index contributed by atoms with van der Waals surface area (Å²) in [5.41, 5.74) is 0. The highest BCUT2D eigenvalue weighted by molar-refractivity contribution is 5.92. The summed E-state index contributed by atoms with van der Waals surface area (Å²) in [6.45, 7) is 1.43. The van der Waals surface area contributed by atoms with Gasteiger partial charge in [-0.05, 0) is 12.8 Å². The van der Waals surface area contributed by atoms with Gasteiger partial charge in [-0.15, -0.1) is 0 Å². The van der Waals surface area contributed by atoms with Crippen LogP contribution in [0, 0.1) is 0 Å². The van der Waals surface area contributed by atoms with E-state index in [2.05, 4.69) is 16.0 Å². The molecular weight excluding hydrogens is 276 g/mol. The summed E-state index contributed by atoms with van der Waals surface area (Å²) in [6, 6.07) is -0.799. The average Bonchev–Trinajstić information content (AvgIpc) is 3.31. The maximum Gasteiger partial charge on any atom is 0.245 e. The molecule has 0 bridgehead atoms. The van der Waals surface area contributed by atoms with E-state index in [-0.39, 0.29) is 43.5 Å². The molecule has 2 heterocycles. The summed E-state index contributed by atoms with van der Waals surface area (Å²) >= 11 is 0. The van der Waals surface area contributed by atoms with E-state index in [4.69, 9.17) is 4.74 Å². The molecule has 0 spiro atoms. The zero-order chi connectivity index (χ0) is 14.8. The van der Waals surface area contributed by atoms with E-state index in [0.717, 1.165) is 12.8 Å². The topological polar surface area (TPSA) is 99.8 Å². The van der Waals surface area contributed by atoms with Crippen LogP contribution in [0.4, 0.5) is 0 Å². The molecule has 0 aromatic carbocycles. The number of carbonyl (C=O) groups excluding carboxylic acids is 3. The third-order valence-electron chi connectivity index (χ3n) is 3.95. The third-order valence-corrected chi connectivity index (χ3v) is 3.95. The Bertz CT molecular complexity index is 441. The Morgan fingerprint density at radius 3 is 2.81 bits per heavy atom. The van der Waals surface area contributed by atoms with Crippen LogP contribution in [0.2, 0.25) is 0 Å². The van der Waals surface area contributed by atoms with Crippen LogP contribution >= 0.6 is 0 Å². The van der Waals surface area contributed by atoms with Crippen molar-refractivity contribution in [3.63, 3.8) is 0 Å². The number of carbonyl (C=O) groups is 3. The number of hydrogen-bond acceptors (Lipinski definition) is 5. The number of morpholine rings is 1. The van der Waals surface area contributed by atoms with E-state index in [1.165, 1.54) is 0 Å². The fourth-order valence-electron chi connectivity index (χ4n) is 2.55. The first-order chi connectivity index (χ1) is 10.1. The van der Waals surface area contributed by atoms with E-state index >= 15 is 0 Å². The van der Waals surface area contributed by atoms with Crippen LogP contribution < -0.4 is 16.0 Å². The van der Waals surface area contributed by atoms with Gasteiger partial charge in [0, 0.05) is 19.1 Å². The molecule has 2 aliphatic heterocycles. The lowest BCUT2D eigenvalue weighted by molar-refractivity contribution is -0.150. The lowest BCUT2D eigenvalue weighted by Crippen LogP contribution is -2.64. The normalized spacial score (nSPS) is 29.7. The van der Waals surface area contributed by atoms with E-state index in [9.17, 15) is 14.4 Å². The second-order valence-corrected chi connectivity index (χ2v) is 5.64. The molecule has 2 saturated heterocycles. The summed E-state index contributed by atoms with van der Waals surface area (Å²) in [7, 11) is 0. The van der Waals surface area contributed by atoms with Crippen molar-refractivity contribution in [1.82, 2.24) is 20.9 Å². The van der Waals surface area contributed by atoms with Crippen LogP contribution in [0.15, 0.2) is 0 Å². The van der Waals surface area contributed by atoms with Crippen LogP contribution in [0.3, 0.4) is 0 Å². The van der Waals surface area contributed by atoms with E-state index < -0.39 is 12.1 Å². The smallest absolute Gasteiger partial charge is 0.245 e. The average molecular weight is 296 g/mol. The molecular formula is C13H20N4O4. The highest BCUT2D eigenvalue weighted by atomic mass is 16.5. The van der Waals surface area contributed by atoms with Crippen LogP contribution in [-0.4, -0.2) is 73.6 Å². The number of piperazine rings is 1. The Morgan fingerprint density at radius 2 is 2.14 bits per heavy atom. The van der Waals surface area contributed by atoms with Gasteiger partial charge in [-0.3, -0.25) is 19.7 Å². The molecule has 2 unspecified atom stereocenters.